The van der Waals surface area contributed by atoms with Crippen LogP contribution in [0.4, 0.5) is 0 Å². The molecule has 4 fully saturated rings. The molecule has 28 heavy (non-hydrogen) atoms. The summed E-state index contributed by atoms with van der Waals surface area (Å²) in [6.45, 7) is 6.40. The van der Waals surface area contributed by atoms with Crippen molar-refractivity contribution in [2.45, 2.75) is 50.8 Å². The Balaban J connectivity index is 0.00000192. The van der Waals surface area contributed by atoms with Gasteiger partial charge >= 0.3 is 0 Å². The number of hydrogen-bond donors (Lipinski definition) is 1. The molecular formula is C21H33IN4OS. The first kappa shape index (κ1) is 20.9. The first-order chi connectivity index (χ1) is 13.3. The van der Waals surface area contributed by atoms with Crippen molar-refractivity contribution in [1.29, 1.82) is 0 Å². The summed E-state index contributed by atoms with van der Waals surface area (Å²) in [6.07, 6.45) is 7.12. The van der Waals surface area contributed by atoms with E-state index >= 15 is 0 Å². The third-order valence-corrected chi connectivity index (χ3v) is 8.28. The molecule has 3 unspecified atom stereocenters. The Kier molecular flexibility index (Phi) is 6.54. The minimum absolute atomic E-state index is 0. The predicted molar refractivity (Wildman–Crippen MR) is 126 cm³/mol. The quantitative estimate of drug-likeness (QED) is 0.380. The van der Waals surface area contributed by atoms with Crippen molar-refractivity contribution in [3.8, 4) is 0 Å². The van der Waals surface area contributed by atoms with E-state index in [-0.39, 0.29) is 24.0 Å². The van der Waals surface area contributed by atoms with Crippen molar-refractivity contribution in [3.63, 3.8) is 0 Å². The van der Waals surface area contributed by atoms with Crippen molar-refractivity contribution in [3.05, 3.63) is 22.4 Å². The molecule has 0 amide bonds. The van der Waals surface area contributed by atoms with Gasteiger partial charge in [0.05, 0.1) is 6.10 Å². The third kappa shape index (κ3) is 3.61. The molecule has 1 aromatic heterocycles. The average molecular weight is 516 g/mol. The number of nitrogens with zero attached hydrogens (tertiary/aromatic N) is 3. The lowest BCUT2D eigenvalue weighted by atomic mass is 9.54. The molecule has 1 aromatic rings. The van der Waals surface area contributed by atoms with E-state index in [9.17, 15) is 0 Å². The lowest BCUT2D eigenvalue weighted by molar-refractivity contribution is -0.125. The molecule has 3 heterocycles. The standard InChI is InChI=1S/C21H32N4OS.HI/c1-22-20(25-11-9-24(10-12-25)15-16-5-4-14-27-16)23-18-17-6-13-26-19(17)21(18)7-2-3-8-21;/h4-5,14,17-19H,2-3,6-13,15H2,1H3,(H,22,23);1H. The normalized spacial score (nSPS) is 32.1. The first-order valence-electron chi connectivity index (χ1n) is 10.6. The SMILES string of the molecule is CN=C(NC1C2CCOC2C12CCCC2)N1CCN(Cc2cccs2)CC1.I. The van der Waals surface area contributed by atoms with Crippen LogP contribution in [0.15, 0.2) is 22.5 Å². The van der Waals surface area contributed by atoms with Crippen LogP contribution in [-0.2, 0) is 11.3 Å². The Morgan fingerprint density at radius 2 is 2.07 bits per heavy atom. The Labute approximate surface area is 189 Å². The zero-order valence-corrected chi connectivity index (χ0v) is 20.0. The van der Waals surface area contributed by atoms with Gasteiger partial charge in [-0.25, -0.2) is 0 Å². The Morgan fingerprint density at radius 3 is 2.75 bits per heavy atom. The van der Waals surface area contributed by atoms with E-state index in [0.717, 1.165) is 45.3 Å². The molecule has 3 atom stereocenters. The van der Waals surface area contributed by atoms with E-state index in [1.165, 1.54) is 37.0 Å². The second-order valence-corrected chi connectivity index (χ2v) is 9.73. The van der Waals surface area contributed by atoms with Gasteiger partial charge < -0.3 is 15.0 Å². The fourth-order valence-corrected chi connectivity index (χ4v) is 6.83. The van der Waals surface area contributed by atoms with Crippen molar-refractivity contribution >= 4 is 41.3 Å². The summed E-state index contributed by atoms with van der Waals surface area (Å²) in [4.78, 5) is 11.2. The molecular weight excluding hydrogens is 483 g/mol. The molecule has 7 heteroatoms. The maximum absolute atomic E-state index is 6.15. The van der Waals surface area contributed by atoms with E-state index in [0.29, 0.717) is 23.5 Å². The van der Waals surface area contributed by atoms with E-state index < -0.39 is 0 Å². The summed E-state index contributed by atoms with van der Waals surface area (Å²) in [5.74, 6) is 1.81. The van der Waals surface area contributed by atoms with Gasteiger partial charge in [0.25, 0.3) is 0 Å². The molecule has 5 rings (SSSR count). The van der Waals surface area contributed by atoms with Gasteiger partial charge in [-0.15, -0.1) is 35.3 Å². The van der Waals surface area contributed by atoms with Gasteiger partial charge in [-0.1, -0.05) is 18.9 Å². The topological polar surface area (TPSA) is 40.1 Å². The molecule has 1 spiro atoms. The molecule has 2 saturated heterocycles. The number of guanidine groups is 1. The monoisotopic (exact) mass is 516 g/mol. The van der Waals surface area contributed by atoms with Gasteiger partial charge in [-0.05, 0) is 30.7 Å². The zero-order chi connectivity index (χ0) is 18.3. The maximum Gasteiger partial charge on any atom is 0.193 e. The van der Waals surface area contributed by atoms with Gasteiger partial charge in [-0.3, -0.25) is 9.89 Å². The summed E-state index contributed by atoms with van der Waals surface area (Å²) in [5.41, 5.74) is 0.387. The van der Waals surface area contributed by atoms with E-state index in [2.05, 4.69) is 37.6 Å². The molecule has 2 saturated carbocycles. The second kappa shape index (κ2) is 8.78. The summed E-state index contributed by atoms with van der Waals surface area (Å²) >= 11 is 1.86. The molecule has 1 N–H and O–H groups in total. The van der Waals surface area contributed by atoms with Crippen molar-refractivity contribution < 1.29 is 4.74 Å². The lowest BCUT2D eigenvalue weighted by Crippen LogP contribution is -2.70. The van der Waals surface area contributed by atoms with Crippen molar-refractivity contribution in [2.75, 3.05) is 39.8 Å². The largest absolute Gasteiger partial charge is 0.377 e. The number of ether oxygens (including phenoxy) is 1. The summed E-state index contributed by atoms with van der Waals surface area (Å²) in [6, 6.07) is 4.96. The minimum Gasteiger partial charge on any atom is -0.377 e. The molecule has 2 aliphatic heterocycles. The van der Waals surface area contributed by atoms with Crippen molar-refractivity contribution in [1.82, 2.24) is 15.1 Å². The highest BCUT2D eigenvalue weighted by Crippen LogP contribution is 2.60. The fourth-order valence-electron chi connectivity index (χ4n) is 6.08. The van der Waals surface area contributed by atoms with Crippen LogP contribution in [0.3, 0.4) is 0 Å². The molecule has 0 bridgehead atoms. The fraction of sp³-hybridized carbons (Fsp3) is 0.762. The molecule has 156 valence electrons. The van der Waals surface area contributed by atoms with Gasteiger partial charge in [0.1, 0.15) is 0 Å². The second-order valence-electron chi connectivity index (χ2n) is 8.70. The summed E-state index contributed by atoms with van der Waals surface area (Å²) in [7, 11) is 1.95. The molecule has 0 aromatic carbocycles. The minimum atomic E-state index is 0. The number of hydrogen-bond acceptors (Lipinski definition) is 4. The van der Waals surface area contributed by atoms with Crippen LogP contribution in [-0.4, -0.2) is 67.7 Å². The highest BCUT2D eigenvalue weighted by atomic mass is 127. The Bertz CT molecular complexity index is 668. The van der Waals surface area contributed by atoms with Gasteiger partial charge in [0, 0.05) is 68.6 Å². The number of fused-ring (bicyclic) bond motifs is 2. The molecule has 2 aliphatic carbocycles. The van der Waals surface area contributed by atoms with E-state index in [1.54, 1.807) is 0 Å². The van der Waals surface area contributed by atoms with Crippen LogP contribution in [0.25, 0.3) is 0 Å². The number of rotatable bonds is 3. The van der Waals surface area contributed by atoms with Crippen LogP contribution in [0.1, 0.15) is 37.0 Å². The van der Waals surface area contributed by atoms with Crippen LogP contribution in [0.2, 0.25) is 0 Å². The van der Waals surface area contributed by atoms with Crippen molar-refractivity contribution in [2.24, 2.45) is 16.3 Å². The summed E-state index contributed by atoms with van der Waals surface area (Å²) < 4.78 is 6.15. The lowest BCUT2D eigenvalue weighted by Gasteiger charge is -2.57. The van der Waals surface area contributed by atoms with Crippen LogP contribution in [0, 0.1) is 11.3 Å². The number of thiophene rings is 1. The smallest absolute Gasteiger partial charge is 0.193 e. The average Bonchev–Trinajstić information content (AvgIpc) is 3.44. The zero-order valence-electron chi connectivity index (χ0n) is 16.8. The molecule has 5 nitrogen and oxygen atoms in total. The van der Waals surface area contributed by atoms with Crippen LogP contribution in [0.5, 0.6) is 0 Å². The van der Waals surface area contributed by atoms with Gasteiger partial charge in [0.2, 0.25) is 0 Å². The van der Waals surface area contributed by atoms with Gasteiger partial charge in [0.15, 0.2) is 5.96 Å². The highest BCUT2D eigenvalue weighted by molar-refractivity contribution is 14.0. The van der Waals surface area contributed by atoms with Gasteiger partial charge in [-0.2, -0.15) is 0 Å². The van der Waals surface area contributed by atoms with E-state index in [4.69, 9.17) is 4.74 Å². The predicted octanol–water partition coefficient (Wildman–Crippen LogP) is 3.41. The number of halogens is 1. The maximum atomic E-state index is 6.15. The van der Waals surface area contributed by atoms with E-state index in [1.807, 2.05) is 18.4 Å². The van der Waals surface area contributed by atoms with Crippen LogP contribution >= 0.6 is 35.3 Å². The number of piperazine rings is 1. The molecule has 4 aliphatic rings. The molecule has 0 radical (unpaired) electrons. The highest BCUT2D eigenvalue weighted by Gasteiger charge is 2.65. The number of aliphatic imine (C=N–C) groups is 1. The Morgan fingerprint density at radius 1 is 1.29 bits per heavy atom. The number of nitrogens with one attached hydrogen (secondary N) is 1. The van der Waals surface area contributed by atoms with Crippen LogP contribution < -0.4 is 5.32 Å². The first-order valence-corrected chi connectivity index (χ1v) is 11.5. The summed E-state index contributed by atoms with van der Waals surface area (Å²) in [5, 5.41) is 6.09. The Hall–Kier alpha value is -0.380. The third-order valence-electron chi connectivity index (χ3n) is 7.41.